The number of nitrogens with zero attached hydrogens (tertiary/aromatic N) is 3. The second kappa shape index (κ2) is 7.99. The van der Waals surface area contributed by atoms with Gasteiger partial charge < -0.3 is 15.1 Å². The highest BCUT2D eigenvalue weighted by atomic mass is 19.1. The summed E-state index contributed by atoms with van der Waals surface area (Å²) in [6.07, 6.45) is 0.468. The zero-order valence-corrected chi connectivity index (χ0v) is 15.1. The van der Waals surface area contributed by atoms with Crippen LogP contribution in [0, 0.1) is 5.82 Å². The summed E-state index contributed by atoms with van der Waals surface area (Å²) in [5.74, 6) is 0.617. The molecule has 1 amide bonds. The highest BCUT2D eigenvalue weighted by Gasteiger charge is 2.26. The number of guanidine groups is 1. The molecule has 0 aromatic heterocycles. The van der Waals surface area contributed by atoms with E-state index in [9.17, 15) is 9.18 Å². The highest BCUT2D eigenvalue weighted by molar-refractivity contribution is 6.01. The lowest BCUT2D eigenvalue weighted by Gasteiger charge is -2.24. The van der Waals surface area contributed by atoms with Crippen LogP contribution in [-0.4, -0.2) is 44.0 Å². The minimum absolute atomic E-state index is 0.127. The number of anilines is 1. The minimum Gasteiger partial charge on any atom is -0.354 e. The molecule has 136 valence electrons. The van der Waals surface area contributed by atoms with E-state index in [4.69, 9.17) is 0 Å². The van der Waals surface area contributed by atoms with Crippen molar-refractivity contribution in [3.63, 3.8) is 0 Å². The van der Waals surface area contributed by atoms with E-state index in [1.807, 2.05) is 41.1 Å². The van der Waals surface area contributed by atoms with E-state index in [0.717, 1.165) is 22.8 Å². The Morgan fingerprint density at radius 2 is 1.96 bits per heavy atom. The van der Waals surface area contributed by atoms with E-state index in [-0.39, 0.29) is 11.7 Å². The lowest BCUT2D eigenvalue weighted by atomic mass is 10.2. The molecule has 1 aliphatic rings. The van der Waals surface area contributed by atoms with Crippen molar-refractivity contribution in [3.05, 3.63) is 65.5 Å². The Bertz CT molecular complexity index is 804. The topological polar surface area (TPSA) is 47.9 Å². The quantitative estimate of drug-likeness (QED) is 0.663. The van der Waals surface area contributed by atoms with Crippen molar-refractivity contribution in [2.45, 2.75) is 13.0 Å². The van der Waals surface area contributed by atoms with Crippen molar-refractivity contribution < 1.29 is 9.18 Å². The number of benzene rings is 2. The van der Waals surface area contributed by atoms with Gasteiger partial charge >= 0.3 is 0 Å². The van der Waals surface area contributed by atoms with E-state index >= 15 is 0 Å². The van der Waals surface area contributed by atoms with Gasteiger partial charge in [0.25, 0.3) is 0 Å². The predicted octanol–water partition coefficient (Wildman–Crippen LogP) is 2.42. The van der Waals surface area contributed by atoms with Crippen LogP contribution in [0.5, 0.6) is 0 Å². The van der Waals surface area contributed by atoms with Crippen LogP contribution in [0.3, 0.4) is 0 Å². The maximum absolute atomic E-state index is 13.0. The smallest absolute Gasteiger partial charge is 0.231 e. The molecule has 0 radical (unpaired) electrons. The summed E-state index contributed by atoms with van der Waals surface area (Å²) in [6.45, 7) is 1.80. The van der Waals surface area contributed by atoms with Crippen LogP contribution < -0.4 is 10.2 Å². The fourth-order valence-electron chi connectivity index (χ4n) is 3.16. The molecule has 0 unspecified atom stereocenters. The summed E-state index contributed by atoms with van der Waals surface area (Å²) in [6, 6.07) is 14.3. The number of para-hydroxylation sites is 1. The second-order valence-electron chi connectivity index (χ2n) is 6.31. The Morgan fingerprint density at radius 3 is 2.69 bits per heavy atom. The van der Waals surface area contributed by atoms with Gasteiger partial charge in [0.15, 0.2) is 5.96 Å². The van der Waals surface area contributed by atoms with Crippen LogP contribution in [0.15, 0.2) is 53.5 Å². The number of halogens is 1. The molecule has 0 fully saturated rings. The van der Waals surface area contributed by atoms with Gasteiger partial charge in [-0.2, -0.15) is 0 Å². The summed E-state index contributed by atoms with van der Waals surface area (Å²) < 4.78 is 13.0. The molecule has 0 spiro atoms. The standard InChI is InChI=1S/C20H23FN4O/c1-22-20(24(2)14-15-7-9-17(21)10-8-15)23-11-12-25-18-6-4-3-5-16(18)13-19(25)26/h3-10H,11-14H2,1-2H3,(H,22,23). The Morgan fingerprint density at radius 1 is 1.23 bits per heavy atom. The molecule has 0 atom stereocenters. The van der Waals surface area contributed by atoms with Crippen molar-refractivity contribution in [1.82, 2.24) is 10.2 Å². The first-order valence-corrected chi connectivity index (χ1v) is 8.63. The fourth-order valence-corrected chi connectivity index (χ4v) is 3.16. The predicted molar refractivity (Wildman–Crippen MR) is 102 cm³/mol. The molecule has 5 nitrogen and oxygen atoms in total. The van der Waals surface area contributed by atoms with Crippen LogP contribution in [-0.2, 0) is 17.8 Å². The maximum Gasteiger partial charge on any atom is 0.231 e. The number of hydrogen-bond donors (Lipinski definition) is 1. The van der Waals surface area contributed by atoms with E-state index in [1.54, 1.807) is 19.2 Å². The second-order valence-corrected chi connectivity index (χ2v) is 6.31. The number of fused-ring (bicyclic) bond motifs is 1. The summed E-state index contributed by atoms with van der Waals surface area (Å²) in [5.41, 5.74) is 3.07. The van der Waals surface area contributed by atoms with E-state index in [2.05, 4.69) is 10.3 Å². The van der Waals surface area contributed by atoms with Gasteiger partial charge in [0.05, 0.1) is 6.42 Å². The van der Waals surface area contributed by atoms with E-state index < -0.39 is 0 Å². The van der Waals surface area contributed by atoms with Crippen LogP contribution in [0.4, 0.5) is 10.1 Å². The monoisotopic (exact) mass is 354 g/mol. The van der Waals surface area contributed by atoms with Crippen molar-refractivity contribution in [2.24, 2.45) is 4.99 Å². The van der Waals surface area contributed by atoms with Crippen molar-refractivity contribution >= 4 is 17.6 Å². The molecule has 0 saturated heterocycles. The Balaban J connectivity index is 1.54. The lowest BCUT2D eigenvalue weighted by molar-refractivity contribution is -0.117. The summed E-state index contributed by atoms with van der Waals surface area (Å²) in [5, 5.41) is 3.29. The molecule has 26 heavy (non-hydrogen) atoms. The number of carbonyl (C=O) groups excluding carboxylic acids is 1. The third kappa shape index (κ3) is 4.02. The summed E-state index contributed by atoms with van der Waals surface area (Å²) in [4.78, 5) is 20.3. The van der Waals surface area contributed by atoms with Crippen molar-refractivity contribution in [2.75, 3.05) is 32.1 Å². The van der Waals surface area contributed by atoms with E-state index in [1.165, 1.54) is 12.1 Å². The first-order chi connectivity index (χ1) is 12.6. The van der Waals surface area contributed by atoms with Gasteiger partial charge in [-0.05, 0) is 29.3 Å². The lowest BCUT2D eigenvalue weighted by Crippen LogP contribution is -2.42. The molecular formula is C20H23FN4O. The Labute approximate surface area is 153 Å². The molecular weight excluding hydrogens is 331 g/mol. The molecule has 1 aliphatic heterocycles. The first-order valence-electron chi connectivity index (χ1n) is 8.63. The first kappa shape index (κ1) is 17.9. The van der Waals surface area contributed by atoms with Gasteiger partial charge in [-0.25, -0.2) is 4.39 Å². The van der Waals surface area contributed by atoms with Crippen LogP contribution >= 0.6 is 0 Å². The molecule has 0 aliphatic carbocycles. The zero-order valence-electron chi connectivity index (χ0n) is 15.1. The third-order valence-corrected chi connectivity index (χ3v) is 4.45. The average Bonchev–Trinajstić information content (AvgIpc) is 2.96. The molecule has 0 saturated carbocycles. The molecule has 0 bridgehead atoms. The number of aliphatic imine (C=N–C) groups is 1. The van der Waals surface area contributed by atoms with Crippen LogP contribution in [0.1, 0.15) is 11.1 Å². The SMILES string of the molecule is CN=C(NCCN1C(=O)Cc2ccccc21)N(C)Cc1ccc(F)cc1. The van der Waals surface area contributed by atoms with Gasteiger partial charge in [-0.1, -0.05) is 30.3 Å². The molecule has 2 aromatic rings. The number of carbonyl (C=O) groups is 1. The van der Waals surface area contributed by atoms with Gasteiger partial charge in [0, 0.05) is 39.4 Å². The Hall–Kier alpha value is -2.89. The number of hydrogen-bond acceptors (Lipinski definition) is 2. The van der Waals surface area contributed by atoms with Gasteiger partial charge in [-0.15, -0.1) is 0 Å². The highest BCUT2D eigenvalue weighted by Crippen LogP contribution is 2.27. The van der Waals surface area contributed by atoms with Gasteiger partial charge in [-0.3, -0.25) is 9.79 Å². The largest absolute Gasteiger partial charge is 0.354 e. The normalized spacial score (nSPS) is 13.7. The summed E-state index contributed by atoms with van der Waals surface area (Å²) >= 11 is 0. The number of amides is 1. The summed E-state index contributed by atoms with van der Waals surface area (Å²) in [7, 11) is 3.65. The number of rotatable bonds is 5. The van der Waals surface area contributed by atoms with Crippen molar-refractivity contribution in [3.8, 4) is 0 Å². The molecule has 1 N–H and O–H groups in total. The van der Waals surface area contributed by atoms with Gasteiger partial charge in [0.1, 0.15) is 5.82 Å². The molecule has 3 rings (SSSR count). The third-order valence-electron chi connectivity index (χ3n) is 4.45. The van der Waals surface area contributed by atoms with Crippen LogP contribution in [0.2, 0.25) is 0 Å². The minimum atomic E-state index is -0.241. The van der Waals surface area contributed by atoms with Crippen LogP contribution in [0.25, 0.3) is 0 Å². The number of nitrogens with one attached hydrogen (secondary N) is 1. The van der Waals surface area contributed by atoms with Gasteiger partial charge in [0.2, 0.25) is 5.91 Å². The fraction of sp³-hybridized carbons (Fsp3) is 0.300. The Kier molecular flexibility index (Phi) is 5.51. The average molecular weight is 354 g/mol. The van der Waals surface area contributed by atoms with E-state index in [0.29, 0.717) is 26.1 Å². The molecule has 2 aromatic carbocycles. The molecule has 1 heterocycles. The molecule has 6 heteroatoms. The van der Waals surface area contributed by atoms with Crippen molar-refractivity contribution in [1.29, 1.82) is 0 Å². The zero-order chi connectivity index (χ0) is 18.5. The maximum atomic E-state index is 13.0.